The van der Waals surface area contributed by atoms with Crippen molar-refractivity contribution in [3.05, 3.63) is 0 Å². The van der Waals surface area contributed by atoms with Gasteiger partial charge < -0.3 is 10.1 Å². The number of amides is 1. The summed E-state index contributed by atoms with van der Waals surface area (Å²) >= 11 is 3.07. The van der Waals surface area contributed by atoms with Gasteiger partial charge in [0.05, 0.1) is 11.9 Å². The third-order valence-corrected chi connectivity index (χ3v) is 3.90. The fourth-order valence-electron chi connectivity index (χ4n) is 2.05. The predicted molar refractivity (Wildman–Crippen MR) is 74.3 cm³/mol. The molecular formula is C13H20BrF2NO3. The number of alkyl carbamates (subject to hydrolysis) is 1. The van der Waals surface area contributed by atoms with Gasteiger partial charge in [-0.25, -0.2) is 13.6 Å². The number of carbonyl (C=O) groups excluding carboxylic acids is 2. The average Bonchev–Trinajstić information content (AvgIpc) is 2.40. The Kier molecular flexibility index (Phi) is 7.40. The Morgan fingerprint density at radius 3 is 2.50 bits per heavy atom. The molecule has 0 heterocycles. The number of ether oxygens (including phenoxy) is 1. The van der Waals surface area contributed by atoms with Crippen LogP contribution in [0.15, 0.2) is 0 Å². The predicted octanol–water partition coefficient (Wildman–Crippen LogP) is 3.42. The second kappa shape index (κ2) is 8.54. The SMILES string of the molecule is O=C(CBr)CCCCOC(=O)NC1CCC(F)(F)CC1. The van der Waals surface area contributed by atoms with Gasteiger partial charge in [0.1, 0.15) is 5.78 Å². The van der Waals surface area contributed by atoms with E-state index in [2.05, 4.69) is 21.2 Å². The maximum atomic E-state index is 12.9. The Hall–Kier alpha value is -0.720. The first-order valence-electron chi connectivity index (χ1n) is 6.82. The molecular weight excluding hydrogens is 336 g/mol. The summed E-state index contributed by atoms with van der Waals surface area (Å²) in [5.41, 5.74) is 0. The number of hydrogen-bond acceptors (Lipinski definition) is 3. The molecule has 1 fully saturated rings. The molecule has 7 heteroatoms. The van der Waals surface area contributed by atoms with Crippen LogP contribution in [-0.4, -0.2) is 35.8 Å². The number of hydrogen-bond donors (Lipinski definition) is 1. The second-order valence-electron chi connectivity index (χ2n) is 5.04. The average molecular weight is 356 g/mol. The zero-order valence-corrected chi connectivity index (χ0v) is 12.9. The van der Waals surface area contributed by atoms with Crippen LogP contribution < -0.4 is 5.32 Å². The molecule has 0 radical (unpaired) electrons. The molecule has 1 N–H and O–H groups in total. The van der Waals surface area contributed by atoms with Crippen molar-refractivity contribution in [1.82, 2.24) is 5.32 Å². The molecule has 0 aromatic rings. The fourth-order valence-corrected chi connectivity index (χ4v) is 2.33. The van der Waals surface area contributed by atoms with Gasteiger partial charge in [-0.2, -0.15) is 0 Å². The highest BCUT2D eigenvalue weighted by Crippen LogP contribution is 2.32. The summed E-state index contributed by atoms with van der Waals surface area (Å²) in [6.07, 6.45) is 1.38. The van der Waals surface area contributed by atoms with Gasteiger partial charge in [0.25, 0.3) is 0 Å². The summed E-state index contributed by atoms with van der Waals surface area (Å²) < 4.78 is 30.8. The van der Waals surface area contributed by atoms with E-state index in [-0.39, 0.29) is 44.1 Å². The summed E-state index contributed by atoms with van der Waals surface area (Å²) in [6, 6.07) is -0.225. The second-order valence-corrected chi connectivity index (χ2v) is 5.60. The normalized spacial score (nSPS) is 18.6. The molecule has 0 spiro atoms. The van der Waals surface area contributed by atoms with Crippen LogP contribution >= 0.6 is 15.9 Å². The van der Waals surface area contributed by atoms with E-state index >= 15 is 0 Å². The van der Waals surface area contributed by atoms with Gasteiger partial charge in [-0.3, -0.25) is 4.79 Å². The van der Waals surface area contributed by atoms with E-state index in [0.29, 0.717) is 24.6 Å². The lowest BCUT2D eigenvalue weighted by molar-refractivity contribution is -0.116. The van der Waals surface area contributed by atoms with Crippen LogP contribution in [0.5, 0.6) is 0 Å². The van der Waals surface area contributed by atoms with E-state index < -0.39 is 12.0 Å². The molecule has 0 atom stereocenters. The van der Waals surface area contributed by atoms with E-state index in [1.165, 1.54) is 0 Å². The molecule has 116 valence electrons. The number of carbonyl (C=O) groups is 2. The van der Waals surface area contributed by atoms with Crippen molar-refractivity contribution in [2.45, 2.75) is 56.9 Å². The Bertz CT molecular complexity index is 330. The third kappa shape index (κ3) is 7.17. The largest absolute Gasteiger partial charge is 0.450 e. The van der Waals surface area contributed by atoms with Crippen LogP contribution in [-0.2, 0) is 9.53 Å². The van der Waals surface area contributed by atoms with E-state index in [1.807, 2.05) is 0 Å². The highest BCUT2D eigenvalue weighted by Gasteiger charge is 2.35. The van der Waals surface area contributed by atoms with Crippen molar-refractivity contribution in [2.75, 3.05) is 11.9 Å². The molecule has 1 amide bonds. The van der Waals surface area contributed by atoms with Gasteiger partial charge in [-0.05, 0) is 25.7 Å². The summed E-state index contributed by atoms with van der Waals surface area (Å²) in [5.74, 6) is -2.47. The molecule has 0 saturated heterocycles. The molecule has 1 aliphatic rings. The van der Waals surface area contributed by atoms with Gasteiger partial charge in [0.2, 0.25) is 5.92 Å². The van der Waals surface area contributed by atoms with Crippen LogP contribution in [0.4, 0.5) is 13.6 Å². The lowest BCUT2D eigenvalue weighted by Crippen LogP contribution is -2.40. The van der Waals surface area contributed by atoms with E-state index in [0.717, 1.165) is 0 Å². The van der Waals surface area contributed by atoms with Crippen LogP contribution in [0.25, 0.3) is 0 Å². The van der Waals surface area contributed by atoms with Crippen molar-refractivity contribution in [3.8, 4) is 0 Å². The highest BCUT2D eigenvalue weighted by molar-refractivity contribution is 9.09. The summed E-state index contributed by atoms with van der Waals surface area (Å²) in [5, 5.41) is 2.95. The van der Waals surface area contributed by atoms with Gasteiger partial charge in [-0.1, -0.05) is 15.9 Å². The molecule has 0 bridgehead atoms. The number of ketones is 1. The molecule has 1 rings (SSSR count). The molecule has 0 aromatic carbocycles. The Morgan fingerprint density at radius 1 is 1.25 bits per heavy atom. The minimum Gasteiger partial charge on any atom is -0.450 e. The van der Waals surface area contributed by atoms with Gasteiger partial charge in [0, 0.05) is 25.3 Å². The van der Waals surface area contributed by atoms with Crippen molar-refractivity contribution in [1.29, 1.82) is 0 Å². The molecule has 1 saturated carbocycles. The number of nitrogens with one attached hydrogen (secondary N) is 1. The van der Waals surface area contributed by atoms with Crippen molar-refractivity contribution < 1.29 is 23.1 Å². The zero-order valence-electron chi connectivity index (χ0n) is 11.3. The molecule has 0 aliphatic heterocycles. The Labute approximate surface area is 125 Å². The summed E-state index contributed by atoms with van der Waals surface area (Å²) in [4.78, 5) is 22.4. The standard InChI is InChI=1S/C13H20BrF2NO3/c14-9-11(18)3-1-2-8-20-12(19)17-10-4-6-13(15,16)7-5-10/h10H,1-9H2,(H,17,19). The van der Waals surface area contributed by atoms with Crippen LogP contribution in [0.1, 0.15) is 44.9 Å². The number of halogens is 3. The Balaban J connectivity index is 2.05. The maximum absolute atomic E-state index is 12.9. The number of rotatable bonds is 7. The maximum Gasteiger partial charge on any atom is 0.407 e. The fraction of sp³-hybridized carbons (Fsp3) is 0.846. The lowest BCUT2D eigenvalue weighted by Gasteiger charge is -2.28. The zero-order chi connectivity index (χ0) is 15.0. The number of alkyl halides is 3. The Morgan fingerprint density at radius 2 is 1.90 bits per heavy atom. The minimum atomic E-state index is -2.59. The summed E-state index contributed by atoms with van der Waals surface area (Å²) in [6.45, 7) is 0.240. The summed E-state index contributed by atoms with van der Waals surface area (Å²) in [7, 11) is 0. The highest BCUT2D eigenvalue weighted by atomic mass is 79.9. The molecule has 4 nitrogen and oxygen atoms in total. The van der Waals surface area contributed by atoms with Crippen molar-refractivity contribution >= 4 is 27.8 Å². The quantitative estimate of drug-likeness (QED) is 0.562. The van der Waals surface area contributed by atoms with E-state index in [1.54, 1.807) is 0 Å². The number of unbranched alkanes of at least 4 members (excludes halogenated alkanes) is 1. The van der Waals surface area contributed by atoms with Crippen LogP contribution in [0.3, 0.4) is 0 Å². The molecule has 1 aliphatic carbocycles. The first-order valence-corrected chi connectivity index (χ1v) is 7.94. The van der Waals surface area contributed by atoms with Gasteiger partial charge in [-0.15, -0.1) is 0 Å². The van der Waals surface area contributed by atoms with Crippen molar-refractivity contribution in [2.24, 2.45) is 0 Å². The topological polar surface area (TPSA) is 55.4 Å². The van der Waals surface area contributed by atoms with E-state index in [4.69, 9.17) is 4.74 Å². The molecule has 0 unspecified atom stereocenters. The van der Waals surface area contributed by atoms with Gasteiger partial charge >= 0.3 is 6.09 Å². The number of Topliss-reactive ketones (excluding diaryl/α,β-unsaturated/α-hetero) is 1. The molecule has 20 heavy (non-hydrogen) atoms. The third-order valence-electron chi connectivity index (χ3n) is 3.27. The van der Waals surface area contributed by atoms with E-state index in [9.17, 15) is 18.4 Å². The van der Waals surface area contributed by atoms with Gasteiger partial charge in [0.15, 0.2) is 0 Å². The van der Waals surface area contributed by atoms with Crippen LogP contribution in [0, 0.1) is 0 Å². The first kappa shape index (κ1) is 17.3. The minimum absolute atomic E-state index is 0.123. The molecule has 0 aromatic heterocycles. The first-order chi connectivity index (χ1) is 9.43. The van der Waals surface area contributed by atoms with Crippen molar-refractivity contribution in [3.63, 3.8) is 0 Å². The van der Waals surface area contributed by atoms with Crippen LogP contribution in [0.2, 0.25) is 0 Å². The monoisotopic (exact) mass is 355 g/mol. The lowest BCUT2D eigenvalue weighted by atomic mass is 9.92. The smallest absolute Gasteiger partial charge is 0.407 e.